The van der Waals surface area contributed by atoms with Gasteiger partial charge in [-0.15, -0.1) is 0 Å². The van der Waals surface area contributed by atoms with Crippen LogP contribution in [0.25, 0.3) is 0 Å². The van der Waals surface area contributed by atoms with Gasteiger partial charge in [0, 0.05) is 0 Å². The highest BCUT2D eigenvalue weighted by Crippen LogP contribution is 2.33. The summed E-state index contributed by atoms with van der Waals surface area (Å²) in [4.78, 5) is 4.07. The molecular weight excluding hydrogens is 295 g/mol. The fourth-order valence-corrected chi connectivity index (χ4v) is 2.82. The summed E-state index contributed by atoms with van der Waals surface area (Å²) >= 11 is 11.9. The molecule has 0 bridgehead atoms. The highest BCUT2D eigenvalue weighted by molar-refractivity contribution is 6.36. The van der Waals surface area contributed by atoms with Crippen molar-refractivity contribution in [2.45, 2.75) is 25.7 Å². The van der Waals surface area contributed by atoms with E-state index in [1.54, 1.807) is 6.07 Å². The van der Waals surface area contributed by atoms with Gasteiger partial charge in [0.25, 0.3) is 0 Å². The molecule has 0 atom stereocenters. The van der Waals surface area contributed by atoms with E-state index in [-0.39, 0.29) is 11.7 Å². The van der Waals surface area contributed by atoms with E-state index < -0.39 is 0 Å². The number of hydrogen-bond donors (Lipinski definition) is 1. The Morgan fingerprint density at radius 2 is 1.75 bits per heavy atom. The van der Waals surface area contributed by atoms with Crippen LogP contribution in [0.1, 0.15) is 24.0 Å². The van der Waals surface area contributed by atoms with E-state index in [4.69, 9.17) is 33.7 Å². The average Bonchev–Trinajstić information content (AvgIpc) is 2.44. The number of nitrogens with zero attached hydrogens (tertiary/aromatic N) is 1. The van der Waals surface area contributed by atoms with E-state index in [1.165, 1.54) is 24.0 Å². The number of hydrogen-bond acceptors (Lipinski definition) is 3. The molecule has 104 valence electrons. The predicted octanol–water partition coefficient (Wildman–Crippen LogP) is 4.64. The molecule has 0 fully saturated rings. The SMILES string of the molecule is Nc1nc(Oc2ccc3c(c2)CCCC3)c(Cl)cc1Cl. The summed E-state index contributed by atoms with van der Waals surface area (Å²) in [6, 6.07) is 7.64. The van der Waals surface area contributed by atoms with Crippen LogP contribution in [0.2, 0.25) is 10.0 Å². The Balaban J connectivity index is 1.89. The van der Waals surface area contributed by atoms with Gasteiger partial charge in [-0.1, -0.05) is 29.3 Å². The van der Waals surface area contributed by atoms with E-state index in [2.05, 4.69) is 17.1 Å². The summed E-state index contributed by atoms with van der Waals surface area (Å²) in [6.45, 7) is 0. The third-order valence-electron chi connectivity index (χ3n) is 3.46. The van der Waals surface area contributed by atoms with Gasteiger partial charge in [-0.3, -0.25) is 0 Å². The lowest BCUT2D eigenvalue weighted by Gasteiger charge is -2.16. The van der Waals surface area contributed by atoms with Crippen LogP contribution < -0.4 is 10.5 Å². The Labute approximate surface area is 127 Å². The van der Waals surface area contributed by atoms with Crippen LogP contribution in [0.4, 0.5) is 5.82 Å². The molecule has 0 saturated carbocycles. The minimum absolute atomic E-state index is 0.212. The fourth-order valence-electron chi connectivity index (χ4n) is 2.42. The average molecular weight is 309 g/mol. The lowest BCUT2D eigenvalue weighted by molar-refractivity contribution is 0.462. The highest BCUT2D eigenvalue weighted by atomic mass is 35.5. The van der Waals surface area contributed by atoms with E-state index >= 15 is 0 Å². The third kappa shape index (κ3) is 2.69. The zero-order valence-corrected chi connectivity index (χ0v) is 12.3. The minimum atomic E-state index is 0.212. The molecule has 1 aromatic carbocycles. The molecule has 1 aliphatic rings. The van der Waals surface area contributed by atoms with Gasteiger partial charge in [0.1, 0.15) is 16.6 Å². The van der Waals surface area contributed by atoms with E-state index in [1.807, 2.05) is 6.07 Å². The summed E-state index contributed by atoms with van der Waals surface area (Å²) in [6.07, 6.45) is 4.72. The standard InChI is InChI=1S/C15H14Cl2N2O/c16-12-8-13(17)15(19-14(12)18)20-11-6-5-9-3-1-2-4-10(9)7-11/h5-8H,1-4H2,(H2,18,19). The van der Waals surface area contributed by atoms with Crippen LogP contribution in [0.15, 0.2) is 24.3 Å². The maximum absolute atomic E-state index is 6.07. The molecule has 0 unspecified atom stereocenters. The molecule has 2 N–H and O–H groups in total. The molecule has 0 saturated heterocycles. The fraction of sp³-hybridized carbons (Fsp3) is 0.267. The molecule has 1 aromatic heterocycles. The molecule has 0 aliphatic heterocycles. The number of fused-ring (bicyclic) bond motifs is 1. The summed E-state index contributed by atoms with van der Waals surface area (Å²) < 4.78 is 5.73. The van der Waals surface area contributed by atoms with Crippen LogP contribution in [0.5, 0.6) is 11.6 Å². The smallest absolute Gasteiger partial charge is 0.240 e. The summed E-state index contributed by atoms with van der Waals surface area (Å²) in [5.74, 6) is 1.22. The van der Waals surface area contributed by atoms with Crippen LogP contribution in [0, 0.1) is 0 Å². The first-order valence-electron chi connectivity index (χ1n) is 6.54. The second-order valence-corrected chi connectivity index (χ2v) is 5.70. The highest BCUT2D eigenvalue weighted by Gasteiger charge is 2.13. The number of halogens is 2. The van der Waals surface area contributed by atoms with Gasteiger partial charge < -0.3 is 10.5 Å². The molecule has 1 heterocycles. The number of rotatable bonds is 2. The minimum Gasteiger partial charge on any atom is -0.437 e. The Hall–Kier alpha value is -1.45. The second-order valence-electron chi connectivity index (χ2n) is 4.88. The van der Waals surface area contributed by atoms with Crippen LogP contribution in [-0.4, -0.2) is 4.98 Å². The zero-order valence-electron chi connectivity index (χ0n) is 10.8. The van der Waals surface area contributed by atoms with Crippen molar-refractivity contribution < 1.29 is 4.74 Å². The molecule has 1 aliphatic carbocycles. The van der Waals surface area contributed by atoms with Gasteiger partial charge in [0.2, 0.25) is 5.88 Å². The number of nitrogens with two attached hydrogens (primary N) is 1. The zero-order chi connectivity index (χ0) is 14.1. The van der Waals surface area contributed by atoms with Crippen LogP contribution in [-0.2, 0) is 12.8 Å². The maximum Gasteiger partial charge on any atom is 0.240 e. The van der Waals surface area contributed by atoms with E-state index in [9.17, 15) is 0 Å². The van der Waals surface area contributed by atoms with Gasteiger partial charge >= 0.3 is 0 Å². The van der Waals surface area contributed by atoms with Gasteiger partial charge in [0.05, 0.1) is 5.02 Å². The van der Waals surface area contributed by atoms with Crippen molar-refractivity contribution in [3.05, 3.63) is 45.4 Å². The molecule has 3 rings (SSSR count). The van der Waals surface area contributed by atoms with Gasteiger partial charge in [-0.25, -0.2) is 0 Å². The molecule has 0 radical (unpaired) electrons. The summed E-state index contributed by atoms with van der Waals surface area (Å²) in [5, 5.41) is 0.676. The lowest BCUT2D eigenvalue weighted by atomic mass is 9.92. The number of benzene rings is 1. The predicted molar refractivity (Wildman–Crippen MR) is 81.8 cm³/mol. The Bertz CT molecular complexity index is 659. The largest absolute Gasteiger partial charge is 0.437 e. The van der Waals surface area contributed by atoms with Crippen LogP contribution >= 0.6 is 23.2 Å². The number of ether oxygens (including phenoxy) is 1. The van der Waals surface area contributed by atoms with Crippen molar-refractivity contribution >= 4 is 29.0 Å². The van der Waals surface area contributed by atoms with Gasteiger partial charge in [-0.05, 0) is 55.0 Å². The Morgan fingerprint density at radius 1 is 1.00 bits per heavy atom. The van der Waals surface area contributed by atoms with Gasteiger partial charge in [0.15, 0.2) is 0 Å². The number of anilines is 1. The van der Waals surface area contributed by atoms with Crippen molar-refractivity contribution in [1.82, 2.24) is 4.98 Å². The number of aromatic nitrogens is 1. The molecule has 5 heteroatoms. The molecule has 3 nitrogen and oxygen atoms in total. The monoisotopic (exact) mass is 308 g/mol. The number of pyridine rings is 1. The van der Waals surface area contributed by atoms with Crippen LogP contribution in [0.3, 0.4) is 0 Å². The van der Waals surface area contributed by atoms with Crippen molar-refractivity contribution in [2.75, 3.05) is 5.73 Å². The summed E-state index contributed by atoms with van der Waals surface area (Å²) in [7, 11) is 0. The number of nitrogen functional groups attached to an aromatic ring is 1. The van der Waals surface area contributed by atoms with E-state index in [0.717, 1.165) is 18.6 Å². The quantitative estimate of drug-likeness (QED) is 0.879. The van der Waals surface area contributed by atoms with Gasteiger partial charge in [-0.2, -0.15) is 4.98 Å². The summed E-state index contributed by atoms with van der Waals surface area (Å²) in [5.41, 5.74) is 8.41. The molecule has 2 aromatic rings. The third-order valence-corrected chi connectivity index (χ3v) is 4.03. The van der Waals surface area contributed by atoms with Crippen molar-refractivity contribution in [3.8, 4) is 11.6 Å². The first-order chi connectivity index (χ1) is 9.63. The Kier molecular flexibility index (Phi) is 3.72. The molecule has 0 amide bonds. The first-order valence-corrected chi connectivity index (χ1v) is 7.30. The molecule has 0 spiro atoms. The van der Waals surface area contributed by atoms with E-state index in [0.29, 0.717) is 10.0 Å². The van der Waals surface area contributed by atoms with Crippen molar-refractivity contribution in [3.63, 3.8) is 0 Å². The first kappa shape index (κ1) is 13.5. The topological polar surface area (TPSA) is 48.1 Å². The van der Waals surface area contributed by atoms with Crippen molar-refractivity contribution in [2.24, 2.45) is 0 Å². The molecular formula is C15H14Cl2N2O. The lowest BCUT2D eigenvalue weighted by Crippen LogP contribution is -2.02. The maximum atomic E-state index is 6.07. The van der Waals surface area contributed by atoms with Crippen molar-refractivity contribution in [1.29, 1.82) is 0 Å². The normalized spacial score (nSPS) is 13.9. The molecule has 20 heavy (non-hydrogen) atoms. The number of aryl methyl sites for hydroxylation is 2. The second kappa shape index (κ2) is 5.51. The Morgan fingerprint density at radius 3 is 2.55 bits per heavy atom.